The Hall–Kier alpha value is -7.20. The molecule has 23 heteroatoms. The number of rotatable bonds is 17. The molecule has 1 heterocycles. The Bertz CT molecular complexity index is 3000. The van der Waals surface area contributed by atoms with Crippen LogP contribution in [0.2, 0.25) is 0 Å². The zero-order valence-electron chi connectivity index (χ0n) is 48.5. The molecule has 0 radical (unpaired) electrons. The van der Waals surface area contributed by atoms with Gasteiger partial charge in [-0.2, -0.15) is 15.3 Å². The Balaban J connectivity index is 0.000000398. The number of hydrogen-bond donors (Lipinski definition) is 13. The van der Waals surface area contributed by atoms with E-state index in [4.69, 9.17) is 42.1 Å². The van der Waals surface area contributed by atoms with Crippen LogP contribution in [0.3, 0.4) is 0 Å². The topological polar surface area (TPSA) is 353 Å². The van der Waals surface area contributed by atoms with Crippen LogP contribution in [0.5, 0.6) is 0 Å². The summed E-state index contributed by atoms with van der Waals surface area (Å²) in [5.41, 5.74) is 24.9. The molecule has 1 saturated heterocycles. The van der Waals surface area contributed by atoms with Gasteiger partial charge in [-0.05, 0) is 87.0 Å². The Labute approximate surface area is 494 Å². The third kappa shape index (κ3) is 21.8. The minimum Gasteiger partial charge on any atom is -0.397 e. The Morgan fingerprint density at radius 1 is 0.524 bits per heavy atom. The highest BCUT2D eigenvalue weighted by Gasteiger charge is 2.42. The predicted octanol–water partition coefficient (Wildman–Crippen LogP) is 7.75. The first-order valence-electron chi connectivity index (χ1n) is 26.3. The average Bonchev–Trinajstić information content (AvgIpc) is 3.58. The highest BCUT2D eigenvalue weighted by molar-refractivity contribution is 5.74. The molecule has 7 rings (SSSR count). The van der Waals surface area contributed by atoms with E-state index in [0.29, 0.717) is 44.3 Å². The van der Waals surface area contributed by atoms with Crippen LogP contribution in [0.15, 0.2) is 158 Å². The Kier molecular flexibility index (Phi) is 29.4. The van der Waals surface area contributed by atoms with Crippen molar-refractivity contribution in [2.75, 3.05) is 97.8 Å². The highest BCUT2D eigenvalue weighted by Crippen LogP contribution is 2.37. The summed E-state index contributed by atoms with van der Waals surface area (Å²) in [6.07, 6.45) is -13.3. The lowest BCUT2D eigenvalue weighted by Gasteiger charge is -2.37. The van der Waals surface area contributed by atoms with Crippen molar-refractivity contribution in [1.82, 2.24) is 8.97 Å². The molecule has 0 aromatic heterocycles. The Morgan fingerprint density at radius 3 is 1.33 bits per heavy atom. The standard InChI is InChI=1S/C22H33N4O5.C16H21N4.C15H18N4.C6H12O6.2CH4/c1-14-10-17(25-24-15-8-6-5-7-9-15)16(11-18(14)26(2,3)4)23-12-19(28)21(30)22(31)20(29)13-27;1-12-10-15(14(17)11-16(12)20(2,3)4)19-18-13-8-6-5-7-9-13;1-11-9-14(13(16)10-15(11)19(2)3)18-17-12-7-5-4-6-8-12;7-1-2-3(8)4(9)5(10)6(11)12-2;;/h5-11,19-23,27-31H,12-13H2,1-4H3;5-11H,17H2,1-4H3;4-10H,16H2,1-3H3;2-11H,1H2;2*1H4/q2*+1;;;;. The second-order valence-electron chi connectivity index (χ2n) is 21.5. The molecule has 84 heavy (non-hydrogen) atoms. The van der Waals surface area contributed by atoms with E-state index in [2.05, 4.69) is 68.8 Å². The number of benzene rings is 6. The fourth-order valence-corrected chi connectivity index (χ4v) is 8.20. The molecule has 460 valence electrons. The second-order valence-corrected chi connectivity index (χ2v) is 21.5. The predicted molar refractivity (Wildman–Crippen MR) is 337 cm³/mol. The van der Waals surface area contributed by atoms with Crippen LogP contribution in [0.1, 0.15) is 31.5 Å². The molecule has 0 amide bonds. The molecule has 1 aliphatic rings. The van der Waals surface area contributed by atoms with E-state index in [9.17, 15) is 20.4 Å². The number of ether oxygens (including phenoxy) is 1. The van der Waals surface area contributed by atoms with E-state index in [-0.39, 0.29) is 21.4 Å². The van der Waals surface area contributed by atoms with Gasteiger partial charge in [0.15, 0.2) is 6.29 Å². The zero-order chi connectivity index (χ0) is 61.1. The summed E-state index contributed by atoms with van der Waals surface area (Å²) in [7, 11) is 16.4. The fraction of sp³-hybridized carbons (Fsp3) is 0.410. The van der Waals surface area contributed by atoms with Gasteiger partial charge in [0, 0.05) is 49.6 Å². The maximum absolute atomic E-state index is 10.3. The lowest BCUT2D eigenvalue weighted by molar-refractivity contribution is -0.286. The molecule has 0 aliphatic carbocycles. The van der Waals surface area contributed by atoms with E-state index in [1.54, 1.807) is 0 Å². The number of nitrogens with two attached hydrogens (primary N) is 2. The molecule has 15 N–H and O–H groups in total. The van der Waals surface area contributed by atoms with Crippen molar-refractivity contribution in [3.63, 3.8) is 0 Å². The number of aliphatic hydroxyl groups excluding tert-OH is 10. The number of azo groups is 3. The van der Waals surface area contributed by atoms with Gasteiger partial charge in [-0.15, -0.1) is 15.3 Å². The van der Waals surface area contributed by atoms with Crippen molar-refractivity contribution in [2.45, 2.75) is 90.7 Å². The van der Waals surface area contributed by atoms with Crippen LogP contribution in [-0.4, -0.2) is 182 Å². The molecule has 1 aliphatic heterocycles. The van der Waals surface area contributed by atoms with Gasteiger partial charge in [0.05, 0.1) is 95.7 Å². The normalized spacial score (nSPS) is 18.3. The summed E-state index contributed by atoms with van der Waals surface area (Å²) in [5, 5.41) is 122. The first-order chi connectivity index (χ1) is 38.6. The van der Waals surface area contributed by atoms with Crippen molar-refractivity contribution in [2.24, 2.45) is 30.7 Å². The molecule has 0 spiro atoms. The molecule has 1 fully saturated rings. The minimum absolute atomic E-state index is 0. The Morgan fingerprint density at radius 2 is 0.917 bits per heavy atom. The number of nitrogen functional groups attached to an aromatic ring is 2. The van der Waals surface area contributed by atoms with Gasteiger partial charge in [0.25, 0.3) is 0 Å². The van der Waals surface area contributed by atoms with Gasteiger partial charge in [0.1, 0.15) is 71.2 Å². The van der Waals surface area contributed by atoms with Crippen LogP contribution >= 0.6 is 0 Å². The quantitative estimate of drug-likeness (QED) is 0.0236. The summed E-state index contributed by atoms with van der Waals surface area (Å²) in [6, 6.07) is 40.2. The molecule has 9 unspecified atom stereocenters. The van der Waals surface area contributed by atoms with Crippen LogP contribution < -0.4 is 30.7 Å². The van der Waals surface area contributed by atoms with Crippen molar-refractivity contribution < 1.29 is 55.8 Å². The molecule has 0 bridgehead atoms. The molecular formula is C61H92N12O11+2. The molecular weight excluding hydrogens is 1080 g/mol. The van der Waals surface area contributed by atoms with Crippen molar-refractivity contribution in [3.05, 3.63) is 144 Å². The van der Waals surface area contributed by atoms with Crippen LogP contribution in [0, 0.1) is 20.8 Å². The van der Waals surface area contributed by atoms with E-state index in [1.807, 2.05) is 181 Å². The molecule has 9 atom stereocenters. The van der Waals surface area contributed by atoms with Gasteiger partial charge < -0.3 is 77.5 Å². The summed E-state index contributed by atoms with van der Waals surface area (Å²) in [5.74, 6) is 0. The summed E-state index contributed by atoms with van der Waals surface area (Å²) in [6.45, 7) is 4.71. The first kappa shape index (κ1) is 72.9. The van der Waals surface area contributed by atoms with Crippen LogP contribution in [0.25, 0.3) is 0 Å². The minimum atomic E-state index is -1.68. The first-order valence-corrected chi connectivity index (χ1v) is 26.3. The second kappa shape index (κ2) is 33.9. The molecule has 6 aromatic carbocycles. The highest BCUT2D eigenvalue weighted by atomic mass is 16.6. The SMILES string of the molecule is C.C.Cc1cc(N=Nc2ccccc2)c(N)cc1N(C)C.Cc1cc(N=Nc2ccccc2)c(N)cc1[N+](C)(C)C.Cc1cc(N=Nc2ccccc2)c(NCC(O)C(O)C(O)C(O)CO)cc1[N+](C)(C)C.OCC1OC(O)C(O)C(O)C1O. The van der Waals surface area contributed by atoms with Gasteiger partial charge in [-0.3, -0.25) is 8.97 Å². The lowest BCUT2D eigenvalue weighted by atomic mass is 10.00. The lowest BCUT2D eigenvalue weighted by Crippen LogP contribution is -2.58. The van der Waals surface area contributed by atoms with E-state index < -0.39 is 68.3 Å². The maximum atomic E-state index is 10.3. The third-order valence-electron chi connectivity index (χ3n) is 12.7. The van der Waals surface area contributed by atoms with Gasteiger partial charge in [0.2, 0.25) is 0 Å². The number of nitrogens with zero attached hydrogens (tertiary/aromatic N) is 9. The van der Waals surface area contributed by atoms with Crippen molar-refractivity contribution >= 4 is 68.2 Å². The van der Waals surface area contributed by atoms with Crippen molar-refractivity contribution in [3.8, 4) is 0 Å². The van der Waals surface area contributed by atoms with E-state index in [1.165, 1.54) is 5.69 Å². The fourth-order valence-electron chi connectivity index (χ4n) is 8.20. The maximum Gasteiger partial charge on any atom is 0.184 e. The number of nitrogens with one attached hydrogen (secondary N) is 1. The van der Waals surface area contributed by atoms with Gasteiger partial charge >= 0.3 is 0 Å². The summed E-state index contributed by atoms with van der Waals surface area (Å²) < 4.78 is 5.86. The third-order valence-corrected chi connectivity index (χ3v) is 12.7. The van der Waals surface area contributed by atoms with E-state index in [0.717, 1.165) is 43.9 Å². The average molecular weight is 1170 g/mol. The summed E-state index contributed by atoms with van der Waals surface area (Å²) in [4.78, 5) is 2.03. The number of aliphatic hydroxyl groups is 10. The molecule has 0 saturated carbocycles. The molecule has 23 nitrogen and oxygen atoms in total. The van der Waals surface area contributed by atoms with Crippen molar-refractivity contribution in [1.29, 1.82) is 0 Å². The smallest absolute Gasteiger partial charge is 0.184 e. The molecule has 6 aromatic rings. The largest absolute Gasteiger partial charge is 0.397 e. The van der Waals surface area contributed by atoms with E-state index >= 15 is 0 Å². The monoisotopic (exact) mass is 1170 g/mol. The van der Waals surface area contributed by atoms with Crippen LogP contribution in [-0.2, 0) is 4.74 Å². The van der Waals surface area contributed by atoms with Gasteiger partial charge in [-0.25, -0.2) is 0 Å². The zero-order valence-corrected chi connectivity index (χ0v) is 48.5. The number of hydrogen-bond acceptors (Lipinski definition) is 21. The number of anilines is 4. The van der Waals surface area contributed by atoms with Gasteiger partial charge in [-0.1, -0.05) is 69.5 Å². The number of quaternary nitrogens is 2. The number of aryl methyl sites for hydroxylation is 3. The van der Waals surface area contributed by atoms with Crippen LogP contribution in [0.4, 0.5) is 68.2 Å². The summed E-state index contributed by atoms with van der Waals surface area (Å²) >= 11 is 0.